The van der Waals surface area contributed by atoms with Crippen LogP contribution in [0.5, 0.6) is 0 Å². The molecule has 13 heavy (non-hydrogen) atoms. The van der Waals surface area contributed by atoms with Gasteiger partial charge >= 0.3 is 5.97 Å². The molecule has 0 aliphatic heterocycles. The molecule has 0 bridgehead atoms. The molecule has 0 amide bonds. The van der Waals surface area contributed by atoms with Crippen LogP contribution in [0.15, 0.2) is 0 Å². The predicted octanol–water partition coefficient (Wildman–Crippen LogP) is 2.24. The number of carbonyl (C=O) groups excluding carboxylic acids is 1. The van der Waals surface area contributed by atoms with Crippen molar-refractivity contribution in [2.75, 3.05) is 6.61 Å². The molecule has 0 N–H and O–H groups in total. The molecule has 0 aromatic rings. The summed E-state index contributed by atoms with van der Waals surface area (Å²) in [4.78, 5) is 10.9. The molecule has 0 rings (SSSR count). The number of rotatable bonds is 3. The van der Waals surface area contributed by atoms with Gasteiger partial charge < -0.3 is 4.74 Å². The highest BCUT2D eigenvalue weighted by Crippen LogP contribution is 2.12. The quantitative estimate of drug-likeness (QED) is 0.380. The van der Waals surface area contributed by atoms with Crippen molar-refractivity contribution in [1.29, 1.82) is 0 Å². The van der Waals surface area contributed by atoms with Crippen molar-refractivity contribution in [3.8, 4) is 11.8 Å². The Morgan fingerprint density at radius 3 is 2.46 bits per heavy atom. The molecule has 2 heteroatoms. The van der Waals surface area contributed by atoms with Crippen LogP contribution in [0.3, 0.4) is 0 Å². The minimum atomic E-state index is -0.419. The lowest BCUT2D eigenvalue weighted by molar-refractivity contribution is -0.136. The van der Waals surface area contributed by atoms with Gasteiger partial charge in [-0.25, -0.2) is 4.79 Å². The Bertz CT molecular complexity index is 210. The van der Waals surface area contributed by atoms with Gasteiger partial charge in [-0.2, -0.15) is 0 Å². The van der Waals surface area contributed by atoms with Crippen LogP contribution in [0.1, 0.15) is 34.1 Å². The maximum atomic E-state index is 10.9. The first-order valence-corrected chi connectivity index (χ1v) is 4.80. The Morgan fingerprint density at radius 2 is 2.00 bits per heavy atom. The van der Waals surface area contributed by atoms with Gasteiger partial charge in [0.25, 0.3) is 0 Å². The Morgan fingerprint density at radius 1 is 1.38 bits per heavy atom. The fourth-order valence-electron chi connectivity index (χ4n) is 0.836. The average molecular weight is 182 g/mol. The maximum absolute atomic E-state index is 10.9. The van der Waals surface area contributed by atoms with Gasteiger partial charge in [-0.05, 0) is 12.8 Å². The number of hydrogen-bond donors (Lipinski definition) is 0. The summed E-state index contributed by atoms with van der Waals surface area (Å²) in [7, 11) is 0. The minimum Gasteiger partial charge on any atom is -0.456 e. The van der Waals surface area contributed by atoms with Crippen LogP contribution in [0, 0.1) is 23.7 Å². The van der Waals surface area contributed by atoms with Crippen molar-refractivity contribution < 1.29 is 9.53 Å². The largest absolute Gasteiger partial charge is 0.456 e. The molecule has 0 heterocycles. The molecule has 2 nitrogen and oxygen atoms in total. The normalized spacial score (nSPS) is 13.8. The van der Waals surface area contributed by atoms with Crippen molar-refractivity contribution in [3.63, 3.8) is 0 Å². The highest BCUT2D eigenvalue weighted by atomic mass is 16.5. The van der Waals surface area contributed by atoms with Gasteiger partial charge in [0, 0.05) is 11.8 Å². The fourth-order valence-corrected chi connectivity index (χ4v) is 0.836. The Kier molecular flexibility index (Phi) is 6.05. The first-order valence-electron chi connectivity index (χ1n) is 4.80. The lowest BCUT2D eigenvalue weighted by Crippen LogP contribution is -2.06. The van der Waals surface area contributed by atoms with Crippen molar-refractivity contribution >= 4 is 5.97 Å². The van der Waals surface area contributed by atoms with E-state index in [2.05, 4.69) is 25.7 Å². The molecule has 0 aliphatic carbocycles. The van der Waals surface area contributed by atoms with Crippen LogP contribution >= 0.6 is 0 Å². The third-order valence-corrected chi connectivity index (χ3v) is 2.17. The van der Waals surface area contributed by atoms with E-state index < -0.39 is 5.97 Å². The van der Waals surface area contributed by atoms with Crippen molar-refractivity contribution in [2.24, 2.45) is 11.8 Å². The molecule has 2 atom stereocenters. The van der Waals surface area contributed by atoms with Crippen LogP contribution < -0.4 is 0 Å². The standard InChI is InChI=1S/C11H18O2/c1-5-9(3)10(4)7-8-11(12)13-6-2/h9-10H,5-6H2,1-4H3. The van der Waals surface area contributed by atoms with Crippen LogP contribution in [0.4, 0.5) is 0 Å². The topological polar surface area (TPSA) is 26.3 Å². The van der Waals surface area contributed by atoms with Crippen molar-refractivity contribution in [2.45, 2.75) is 34.1 Å². The van der Waals surface area contributed by atoms with Gasteiger partial charge in [0.2, 0.25) is 0 Å². The van der Waals surface area contributed by atoms with E-state index in [0.29, 0.717) is 12.5 Å². The molecule has 2 unspecified atom stereocenters. The lowest BCUT2D eigenvalue weighted by atomic mass is 9.94. The molecule has 0 aromatic heterocycles. The van der Waals surface area contributed by atoms with Crippen LogP contribution in [-0.2, 0) is 9.53 Å². The average Bonchev–Trinajstić information content (AvgIpc) is 2.13. The summed E-state index contributed by atoms with van der Waals surface area (Å²) >= 11 is 0. The van der Waals surface area contributed by atoms with Crippen molar-refractivity contribution in [3.05, 3.63) is 0 Å². The zero-order valence-corrected chi connectivity index (χ0v) is 8.89. The highest BCUT2D eigenvalue weighted by molar-refractivity contribution is 5.88. The third kappa shape index (κ3) is 5.30. The van der Waals surface area contributed by atoms with Crippen LogP contribution in [-0.4, -0.2) is 12.6 Å². The van der Waals surface area contributed by atoms with Gasteiger partial charge in [-0.3, -0.25) is 0 Å². The summed E-state index contributed by atoms with van der Waals surface area (Å²) in [6.07, 6.45) is 1.08. The van der Waals surface area contributed by atoms with E-state index in [1.54, 1.807) is 6.92 Å². The summed E-state index contributed by atoms with van der Waals surface area (Å²) in [5.41, 5.74) is 0. The van der Waals surface area contributed by atoms with Gasteiger partial charge in [0.1, 0.15) is 0 Å². The monoisotopic (exact) mass is 182 g/mol. The highest BCUT2D eigenvalue weighted by Gasteiger charge is 2.06. The summed E-state index contributed by atoms with van der Waals surface area (Å²) in [6, 6.07) is 0. The second-order valence-corrected chi connectivity index (χ2v) is 3.16. The number of esters is 1. The van der Waals surface area contributed by atoms with Crippen molar-refractivity contribution in [1.82, 2.24) is 0 Å². The van der Waals surface area contributed by atoms with E-state index in [9.17, 15) is 4.79 Å². The summed E-state index contributed by atoms with van der Waals surface area (Å²) in [6.45, 7) is 8.45. The lowest BCUT2D eigenvalue weighted by Gasteiger charge is -2.10. The molecule has 74 valence electrons. The minimum absolute atomic E-state index is 0.259. The van der Waals surface area contributed by atoms with E-state index >= 15 is 0 Å². The fraction of sp³-hybridized carbons (Fsp3) is 0.727. The third-order valence-electron chi connectivity index (χ3n) is 2.17. The van der Waals surface area contributed by atoms with Gasteiger partial charge in [-0.15, -0.1) is 0 Å². The molecular weight excluding hydrogens is 164 g/mol. The predicted molar refractivity (Wildman–Crippen MR) is 53.0 cm³/mol. The maximum Gasteiger partial charge on any atom is 0.384 e. The Hall–Kier alpha value is -0.970. The van der Waals surface area contributed by atoms with Gasteiger partial charge in [-0.1, -0.05) is 33.1 Å². The Balaban J connectivity index is 4.00. The van der Waals surface area contributed by atoms with E-state index in [1.165, 1.54) is 0 Å². The van der Waals surface area contributed by atoms with Gasteiger partial charge in [0.15, 0.2) is 0 Å². The molecule has 0 aromatic carbocycles. The summed E-state index contributed by atoms with van der Waals surface area (Å²) in [5, 5.41) is 0. The number of carbonyl (C=O) groups is 1. The first kappa shape index (κ1) is 12.0. The zero-order chi connectivity index (χ0) is 10.3. The van der Waals surface area contributed by atoms with Crippen LogP contribution in [0.25, 0.3) is 0 Å². The molecule has 0 saturated heterocycles. The second-order valence-electron chi connectivity index (χ2n) is 3.16. The van der Waals surface area contributed by atoms with Crippen LogP contribution in [0.2, 0.25) is 0 Å². The summed E-state index contributed by atoms with van der Waals surface area (Å²) < 4.78 is 4.69. The molecule has 0 spiro atoms. The van der Waals surface area contributed by atoms with Gasteiger partial charge in [0.05, 0.1) is 6.61 Å². The Labute approximate surface area is 80.7 Å². The zero-order valence-electron chi connectivity index (χ0n) is 8.89. The molecule has 0 saturated carbocycles. The SMILES string of the molecule is CCOC(=O)C#CC(C)C(C)CC. The van der Waals surface area contributed by atoms with E-state index in [1.807, 2.05) is 6.92 Å². The smallest absolute Gasteiger partial charge is 0.384 e. The number of hydrogen-bond acceptors (Lipinski definition) is 2. The number of ether oxygens (including phenoxy) is 1. The molecule has 0 fully saturated rings. The molecular formula is C11H18O2. The van der Waals surface area contributed by atoms with E-state index in [0.717, 1.165) is 6.42 Å². The van der Waals surface area contributed by atoms with E-state index in [4.69, 9.17) is 4.74 Å². The molecule has 0 aliphatic rings. The van der Waals surface area contributed by atoms with E-state index in [-0.39, 0.29) is 5.92 Å². The summed E-state index contributed by atoms with van der Waals surface area (Å²) in [5.74, 6) is 5.75. The molecule has 0 radical (unpaired) electrons. The first-order chi connectivity index (χ1) is 6.11. The second kappa shape index (κ2) is 6.54.